The van der Waals surface area contributed by atoms with E-state index >= 15 is 0 Å². The Balaban J connectivity index is 1.53. The number of ether oxygens (including phenoxy) is 1. The van der Waals surface area contributed by atoms with Crippen LogP contribution in [0, 0.1) is 0 Å². The number of pyridine rings is 1. The SMILES string of the molecule is CCCCNC(CC)C1(c2ccccc2)CCC(Oc2cc3cc[nH]c(=O)c3cc2Cl)CC1. The minimum absolute atomic E-state index is 0.115. The number of unbranched alkanes of at least 4 members (excludes halogenated alkanes) is 1. The van der Waals surface area contributed by atoms with Crippen LogP contribution in [0.5, 0.6) is 5.75 Å². The maximum Gasteiger partial charge on any atom is 0.255 e. The molecule has 0 spiro atoms. The lowest BCUT2D eigenvalue weighted by Gasteiger charge is -2.46. The van der Waals surface area contributed by atoms with Crippen LogP contribution in [0.4, 0.5) is 0 Å². The fourth-order valence-corrected chi connectivity index (χ4v) is 5.68. The lowest BCUT2D eigenvalue weighted by Crippen LogP contribution is -2.51. The summed E-state index contributed by atoms with van der Waals surface area (Å²) in [4.78, 5) is 14.8. The van der Waals surface area contributed by atoms with Gasteiger partial charge in [-0.15, -0.1) is 0 Å². The number of H-pyrrole nitrogens is 1. The van der Waals surface area contributed by atoms with Crippen LogP contribution in [0.2, 0.25) is 5.02 Å². The third-order valence-electron chi connectivity index (χ3n) is 7.29. The molecule has 176 valence electrons. The van der Waals surface area contributed by atoms with Gasteiger partial charge in [0.05, 0.1) is 11.1 Å². The molecule has 1 aliphatic carbocycles. The molecule has 0 saturated heterocycles. The van der Waals surface area contributed by atoms with E-state index in [1.165, 1.54) is 18.4 Å². The maximum absolute atomic E-state index is 12.1. The van der Waals surface area contributed by atoms with Crippen LogP contribution >= 0.6 is 11.6 Å². The fourth-order valence-electron chi connectivity index (χ4n) is 5.47. The Kier molecular flexibility index (Phi) is 7.77. The number of aromatic amines is 1. The number of fused-ring (bicyclic) bond motifs is 1. The molecule has 2 aromatic carbocycles. The van der Waals surface area contributed by atoms with E-state index in [-0.39, 0.29) is 17.1 Å². The van der Waals surface area contributed by atoms with Gasteiger partial charge in [0, 0.05) is 23.0 Å². The molecule has 33 heavy (non-hydrogen) atoms. The summed E-state index contributed by atoms with van der Waals surface area (Å²) in [6.45, 7) is 5.61. The van der Waals surface area contributed by atoms with Crippen molar-refractivity contribution in [2.45, 2.75) is 76.4 Å². The van der Waals surface area contributed by atoms with Crippen LogP contribution in [0.1, 0.15) is 64.4 Å². The molecule has 0 radical (unpaired) electrons. The Hall–Kier alpha value is -2.30. The Morgan fingerprint density at radius 3 is 2.61 bits per heavy atom. The molecule has 0 amide bonds. The van der Waals surface area contributed by atoms with Gasteiger partial charge >= 0.3 is 0 Å². The van der Waals surface area contributed by atoms with Crippen molar-refractivity contribution < 1.29 is 4.74 Å². The van der Waals surface area contributed by atoms with E-state index in [0.29, 0.717) is 22.2 Å². The van der Waals surface area contributed by atoms with Crippen molar-refractivity contribution in [3.63, 3.8) is 0 Å². The first-order chi connectivity index (χ1) is 16.1. The van der Waals surface area contributed by atoms with Crippen LogP contribution in [0.3, 0.4) is 0 Å². The molecule has 4 rings (SSSR count). The van der Waals surface area contributed by atoms with Crippen molar-refractivity contribution >= 4 is 22.4 Å². The summed E-state index contributed by atoms with van der Waals surface area (Å²) in [5.41, 5.74) is 1.42. The van der Waals surface area contributed by atoms with Gasteiger partial charge in [-0.25, -0.2) is 0 Å². The average molecular weight is 467 g/mol. The van der Waals surface area contributed by atoms with Gasteiger partial charge in [-0.3, -0.25) is 4.79 Å². The second-order valence-corrected chi connectivity index (χ2v) is 9.69. The van der Waals surface area contributed by atoms with Crippen LogP contribution in [0.15, 0.2) is 59.5 Å². The topological polar surface area (TPSA) is 54.1 Å². The Bertz CT molecular complexity index is 1100. The molecule has 1 fully saturated rings. The zero-order valence-electron chi connectivity index (χ0n) is 19.7. The number of halogens is 1. The predicted molar refractivity (Wildman–Crippen MR) is 138 cm³/mol. The first-order valence-corrected chi connectivity index (χ1v) is 12.7. The lowest BCUT2D eigenvalue weighted by molar-refractivity contribution is 0.0960. The highest BCUT2D eigenvalue weighted by molar-refractivity contribution is 6.32. The molecule has 1 heterocycles. The van der Waals surface area contributed by atoms with E-state index < -0.39 is 0 Å². The molecule has 5 heteroatoms. The standard InChI is InChI=1S/C28H35ClN2O2/c1-3-5-16-30-26(4-2)28(21-9-7-6-8-10-21)14-11-22(12-15-28)33-25-18-20-13-17-31-27(32)23(20)19-24(25)29/h6-10,13,17-19,22,26,30H,3-5,11-12,14-16H2,1-2H3,(H,31,32). The smallest absolute Gasteiger partial charge is 0.255 e. The molecular weight excluding hydrogens is 432 g/mol. The largest absolute Gasteiger partial charge is 0.489 e. The predicted octanol–water partition coefficient (Wildman–Crippen LogP) is 6.61. The lowest BCUT2D eigenvalue weighted by atomic mass is 9.63. The Labute approximate surface area is 201 Å². The van der Waals surface area contributed by atoms with Gasteiger partial charge in [0.2, 0.25) is 0 Å². The van der Waals surface area contributed by atoms with Gasteiger partial charge in [-0.1, -0.05) is 62.2 Å². The van der Waals surface area contributed by atoms with Crippen LogP contribution < -0.4 is 15.6 Å². The molecule has 3 aromatic rings. The van der Waals surface area contributed by atoms with E-state index in [1.54, 1.807) is 12.3 Å². The minimum atomic E-state index is -0.132. The number of aromatic nitrogens is 1. The number of hydrogen-bond donors (Lipinski definition) is 2. The third-order valence-corrected chi connectivity index (χ3v) is 7.58. The Morgan fingerprint density at radius 1 is 1.15 bits per heavy atom. The van der Waals surface area contributed by atoms with Crippen molar-refractivity contribution in [1.82, 2.24) is 10.3 Å². The Morgan fingerprint density at radius 2 is 1.91 bits per heavy atom. The molecule has 2 N–H and O–H groups in total. The molecule has 1 unspecified atom stereocenters. The van der Waals surface area contributed by atoms with Crippen LogP contribution in [0.25, 0.3) is 10.8 Å². The average Bonchev–Trinajstić information content (AvgIpc) is 2.84. The first kappa shape index (κ1) is 23.8. The van der Waals surface area contributed by atoms with Crippen molar-refractivity contribution in [1.29, 1.82) is 0 Å². The minimum Gasteiger partial charge on any atom is -0.489 e. The molecule has 0 aliphatic heterocycles. The summed E-state index contributed by atoms with van der Waals surface area (Å²) in [5, 5.41) is 5.81. The number of benzene rings is 2. The van der Waals surface area contributed by atoms with Crippen molar-refractivity contribution in [2.24, 2.45) is 0 Å². The number of nitrogens with one attached hydrogen (secondary N) is 2. The summed E-state index contributed by atoms with van der Waals surface area (Å²) in [7, 11) is 0. The highest BCUT2D eigenvalue weighted by Crippen LogP contribution is 2.44. The van der Waals surface area contributed by atoms with Crippen LogP contribution in [-0.2, 0) is 5.41 Å². The monoisotopic (exact) mass is 466 g/mol. The molecule has 0 bridgehead atoms. The van der Waals surface area contributed by atoms with Gasteiger partial charge in [0.15, 0.2) is 0 Å². The van der Waals surface area contributed by atoms with Crippen molar-refractivity contribution in [2.75, 3.05) is 6.54 Å². The summed E-state index contributed by atoms with van der Waals surface area (Å²) >= 11 is 6.50. The third kappa shape index (κ3) is 5.12. The second-order valence-electron chi connectivity index (χ2n) is 9.28. The fraction of sp³-hybridized carbons (Fsp3) is 0.464. The van der Waals surface area contributed by atoms with Crippen LogP contribution in [-0.4, -0.2) is 23.7 Å². The maximum atomic E-state index is 12.1. The first-order valence-electron chi connectivity index (χ1n) is 12.3. The summed E-state index contributed by atoms with van der Waals surface area (Å²) in [6.07, 6.45) is 9.39. The van der Waals surface area contributed by atoms with Crippen molar-refractivity contribution in [3.05, 3.63) is 75.7 Å². The van der Waals surface area contributed by atoms with Gasteiger partial charge in [-0.05, 0) is 74.2 Å². The van der Waals surface area contributed by atoms with Gasteiger partial charge < -0.3 is 15.0 Å². The van der Waals surface area contributed by atoms with E-state index in [0.717, 1.165) is 44.0 Å². The highest BCUT2D eigenvalue weighted by atomic mass is 35.5. The van der Waals surface area contributed by atoms with Gasteiger partial charge in [0.1, 0.15) is 5.75 Å². The van der Waals surface area contributed by atoms with Crippen molar-refractivity contribution in [3.8, 4) is 5.75 Å². The second kappa shape index (κ2) is 10.8. The summed E-state index contributed by atoms with van der Waals surface area (Å²) < 4.78 is 6.41. The quantitative estimate of drug-likeness (QED) is 0.349. The summed E-state index contributed by atoms with van der Waals surface area (Å²) in [6, 6.07) is 17.0. The van der Waals surface area contributed by atoms with E-state index in [9.17, 15) is 4.79 Å². The number of rotatable bonds is 9. The van der Waals surface area contributed by atoms with E-state index in [2.05, 4.69) is 54.5 Å². The molecule has 1 aromatic heterocycles. The van der Waals surface area contributed by atoms with E-state index in [1.807, 2.05) is 12.1 Å². The molecule has 1 atom stereocenters. The van der Waals surface area contributed by atoms with Gasteiger partial charge in [-0.2, -0.15) is 0 Å². The normalized spacial score (nSPS) is 21.7. The zero-order valence-corrected chi connectivity index (χ0v) is 20.5. The highest BCUT2D eigenvalue weighted by Gasteiger charge is 2.42. The molecule has 4 nitrogen and oxygen atoms in total. The molecule has 1 aliphatic rings. The molecule has 1 saturated carbocycles. The van der Waals surface area contributed by atoms with E-state index in [4.69, 9.17) is 16.3 Å². The number of hydrogen-bond acceptors (Lipinski definition) is 3. The van der Waals surface area contributed by atoms with Gasteiger partial charge in [0.25, 0.3) is 5.56 Å². The molecular formula is C28H35ClN2O2. The zero-order chi connectivity index (χ0) is 23.3. The summed E-state index contributed by atoms with van der Waals surface area (Å²) in [5.74, 6) is 0.667.